The first-order chi connectivity index (χ1) is 21.0. The number of aryl methyl sites for hydroxylation is 3. The Hall–Kier alpha value is -3.03. The predicted molar refractivity (Wildman–Crippen MR) is 168 cm³/mol. The molecule has 7 heteroatoms. The Morgan fingerprint density at radius 1 is 1.02 bits per heavy atom. The third kappa shape index (κ3) is 7.04. The number of aliphatic carboxylic acids is 1. The van der Waals surface area contributed by atoms with Crippen molar-refractivity contribution in [1.29, 1.82) is 0 Å². The largest absolute Gasteiger partial charge is 0.480 e. The van der Waals surface area contributed by atoms with Gasteiger partial charge in [0.2, 0.25) is 0 Å². The van der Waals surface area contributed by atoms with Crippen LogP contribution in [0.2, 0.25) is 0 Å². The molecule has 43 heavy (non-hydrogen) atoms. The van der Waals surface area contributed by atoms with Crippen LogP contribution in [0.4, 0.5) is 4.39 Å². The Labute approximate surface area is 255 Å². The van der Waals surface area contributed by atoms with Crippen molar-refractivity contribution in [1.82, 2.24) is 19.6 Å². The van der Waals surface area contributed by atoms with Crippen molar-refractivity contribution in [2.24, 2.45) is 11.8 Å². The van der Waals surface area contributed by atoms with Crippen molar-refractivity contribution in [2.75, 3.05) is 32.7 Å². The molecule has 230 valence electrons. The molecule has 0 unspecified atom stereocenters. The lowest BCUT2D eigenvalue weighted by atomic mass is 9.80. The molecule has 1 saturated carbocycles. The fourth-order valence-corrected chi connectivity index (χ4v) is 7.90. The fraction of sp³-hybridized carbons (Fsp3) is 0.556. The van der Waals surface area contributed by atoms with E-state index >= 15 is 0 Å². The number of piperidine rings is 1. The highest BCUT2D eigenvalue weighted by Crippen LogP contribution is 2.39. The van der Waals surface area contributed by atoms with Gasteiger partial charge in [-0.2, -0.15) is 5.10 Å². The second-order valence-electron chi connectivity index (χ2n) is 13.2. The maximum absolute atomic E-state index is 14.3. The molecule has 2 aromatic carbocycles. The molecule has 1 N–H and O–H groups in total. The molecular weight excluding hydrogens is 539 g/mol. The van der Waals surface area contributed by atoms with E-state index in [1.807, 2.05) is 6.07 Å². The summed E-state index contributed by atoms with van der Waals surface area (Å²) in [5.74, 6) is 0.535. The Morgan fingerprint density at radius 3 is 2.49 bits per heavy atom. The van der Waals surface area contributed by atoms with Crippen LogP contribution in [0.1, 0.15) is 79.7 Å². The number of hydrogen-bond donors (Lipinski definition) is 1. The predicted octanol–water partition coefficient (Wildman–Crippen LogP) is 6.37. The lowest BCUT2D eigenvalue weighted by Gasteiger charge is -2.35. The fourth-order valence-electron chi connectivity index (χ4n) is 7.90. The smallest absolute Gasteiger partial charge is 0.320 e. The van der Waals surface area contributed by atoms with Crippen LogP contribution in [0.25, 0.3) is 0 Å². The minimum atomic E-state index is -0.707. The number of halogens is 1. The molecule has 6 rings (SSSR count). The zero-order valence-electron chi connectivity index (χ0n) is 25.6. The molecule has 1 aliphatic carbocycles. The molecule has 0 spiro atoms. The van der Waals surface area contributed by atoms with Crippen molar-refractivity contribution >= 4 is 5.97 Å². The molecule has 3 fully saturated rings. The van der Waals surface area contributed by atoms with E-state index < -0.39 is 12.0 Å². The van der Waals surface area contributed by atoms with Gasteiger partial charge in [-0.1, -0.05) is 61.7 Å². The minimum absolute atomic E-state index is 0.141. The summed E-state index contributed by atoms with van der Waals surface area (Å²) < 4.78 is 16.5. The first kappa shape index (κ1) is 30.0. The third-order valence-corrected chi connectivity index (χ3v) is 10.5. The van der Waals surface area contributed by atoms with Crippen LogP contribution < -0.4 is 0 Å². The van der Waals surface area contributed by atoms with E-state index in [4.69, 9.17) is 5.10 Å². The Balaban J connectivity index is 1.12. The van der Waals surface area contributed by atoms with Gasteiger partial charge in [0, 0.05) is 43.7 Å². The quantitative estimate of drug-likeness (QED) is 0.267. The molecular formula is C36H47FN4O2. The van der Waals surface area contributed by atoms with Gasteiger partial charge in [-0.25, -0.2) is 4.39 Å². The highest BCUT2D eigenvalue weighted by molar-refractivity contribution is 5.73. The van der Waals surface area contributed by atoms with Gasteiger partial charge in [-0.05, 0) is 92.8 Å². The molecule has 6 nitrogen and oxygen atoms in total. The first-order valence-electron chi connectivity index (χ1n) is 16.5. The number of benzene rings is 2. The van der Waals surface area contributed by atoms with Crippen LogP contribution in [0.15, 0.2) is 60.8 Å². The van der Waals surface area contributed by atoms with Gasteiger partial charge in [0.1, 0.15) is 11.9 Å². The standard InChI is InChI=1S/C36H47FN4O2/c1-2-41-35(30(22-38-41)15-14-26-8-4-3-5-9-26)28-16-18-39(19-17-28)23-31-24-40(34(36(42)43)20-27-10-6-11-27)25-33(31)29-12-7-13-32(37)21-29/h3-5,7-9,12-13,21-22,27-28,31,33-34H,2,6,10-11,14-20,23-25H2,1H3,(H,42,43)/t31-,33+,34+/m1/s1. The van der Waals surface area contributed by atoms with E-state index in [9.17, 15) is 14.3 Å². The van der Waals surface area contributed by atoms with Gasteiger partial charge in [-0.15, -0.1) is 0 Å². The number of likely N-dealkylation sites (tertiary alicyclic amines) is 2. The number of aromatic nitrogens is 2. The highest BCUT2D eigenvalue weighted by Gasteiger charge is 2.41. The van der Waals surface area contributed by atoms with Crippen molar-refractivity contribution in [2.45, 2.75) is 82.7 Å². The summed E-state index contributed by atoms with van der Waals surface area (Å²) in [6.45, 7) is 7.49. The third-order valence-electron chi connectivity index (χ3n) is 10.5. The normalized spacial score (nSPS) is 22.9. The van der Waals surface area contributed by atoms with E-state index in [-0.39, 0.29) is 17.7 Å². The van der Waals surface area contributed by atoms with E-state index in [0.717, 1.165) is 83.2 Å². The number of carboxylic acids is 1. The van der Waals surface area contributed by atoms with Gasteiger partial charge < -0.3 is 10.0 Å². The molecule has 0 radical (unpaired) electrons. The molecule has 3 aromatic rings. The first-order valence-corrected chi connectivity index (χ1v) is 16.5. The number of rotatable bonds is 12. The molecule has 3 aliphatic rings. The molecule has 3 atom stereocenters. The van der Waals surface area contributed by atoms with Gasteiger partial charge >= 0.3 is 5.97 Å². The Kier molecular flexibility index (Phi) is 9.58. The monoisotopic (exact) mass is 586 g/mol. The maximum atomic E-state index is 14.3. The topological polar surface area (TPSA) is 61.6 Å². The maximum Gasteiger partial charge on any atom is 0.320 e. The van der Waals surface area contributed by atoms with Gasteiger partial charge in [-0.3, -0.25) is 14.4 Å². The van der Waals surface area contributed by atoms with Gasteiger partial charge in [0.05, 0.1) is 6.20 Å². The van der Waals surface area contributed by atoms with Crippen LogP contribution in [0, 0.1) is 17.7 Å². The summed E-state index contributed by atoms with van der Waals surface area (Å²) in [5.41, 5.74) is 5.17. The molecule has 0 amide bonds. The Morgan fingerprint density at radius 2 is 1.81 bits per heavy atom. The van der Waals surface area contributed by atoms with Gasteiger partial charge in [0.15, 0.2) is 0 Å². The second-order valence-corrected chi connectivity index (χ2v) is 13.2. The van der Waals surface area contributed by atoms with Gasteiger partial charge in [0.25, 0.3) is 0 Å². The lowest BCUT2D eigenvalue weighted by molar-refractivity contribution is -0.144. The zero-order valence-corrected chi connectivity index (χ0v) is 25.6. The van der Waals surface area contributed by atoms with E-state index in [2.05, 4.69) is 57.9 Å². The molecule has 1 aromatic heterocycles. The molecule has 2 aliphatic heterocycles. The van der Waals surface area contributed by atoms with Crippen LogP contribution in [-0.4, -0.2) is 69.4 Å². The molecule has 3 heterocycles. The van der Waals surface area contributed by atoms with E-state index in [1.165, 1.54) is 29.3 Å². The van der Waals surface area contributed by atoms with Crippen molar-refractivity contribution < 1.29 is 14.3 Å². The highest BCUT2D eigenvalue weighted by atomic mass is 19.1. The van der Waals surface area contributed by atoms with E-state index in [1.54, 1.807) is 12.1 Å². The van der Waals surface area contributed by atoms with Crippen LogP contribution in [-0.2, 0) is 24.2 Å². The zero-order chi connectivity index (χ0) is 29.8. The molecule has 0 bridgehead atoms. The summed E-state index contributed by atoms with van der Waals surface area (Å²) in [7, 11) is 0. The molecule has 2 saturated heterocycles. The summed E-state index contributed by atoms with van der Waals surface area (Å²) in [5, 5.41) is 14.9. The van der Waals surface area contributed by atoms with Crippen molar-refractivity contribution in [3.8, 4) is 0 Å². The minimum Gasteiger partial charge on any atom is -0.480 e. The SMILES string of the molecule is CCn1ncc(CCc2ccccc2)c1C1CCN(C[C@@H]2CN([C@@H](CC3CCC3)C(=O)O)C[C@H]2c2cccc(F)c2)CC1. The summed E-state index contributed by atoms with van der Waals surface area (Å²) in [6, 6.07) is 17.2. The van der Waals surface area contributed by atoms with Crippen molar-refractivity contribution in [3.63, 3.8) is 0 Å². The average Bonchev–Trinajstić information content (AvgIpc) is 3.60. The van der Waals surface area contributed by atoms with Crippen molar-refractivity contribution in [3.05, 3.63) is 89.0 Å². The second kappa shape index (κ2) is 13.7. The number of hydrogen-bond acceptors (Lipinski definition) is 4. The average molecular weight is 587 g/mol. The Bertz CT molecular complexity index is 1350. The number of nitrogens with zero attached hydrogens (tertiary/aromatic N) is 4. The van der Waals surface area contributed by atoms with Crippen LogP contribution in [0.5, 0.6) is 0 Å². The summed E-state index contributed by atoms with van der Waals surface area (Å²) >= 11 is 0. The lowest BCUT2D eigenvalue weighted by Crippen LogP contribution is -2.43. The summed E-state index contributed by atoms with van der Waals surface area (Å²) in [4.78, 5) is 17.2. The van der Waals surface area contributed by atoms with Crippen LogP contribution in [0.3, 0.4) is 0 Å². The number of carboxylic acid groups (broad SMARTS) is 1. The van der Waals surface area contributed by atoms with Crippen LogP contribution >= 0.6 is 0 Å². The number of carbonyl (C=O) groups is 1. The summed E-state index contributed by atoms with van der Waals surface area (Å²) in [6.07, 6.45) is 10.6. The van der Waals surface area contributed by atoms with E-state index in [0.29, 0.717) is 18.4 Å².